The molecule has 0 bridgehead atoms. The number of rotatable bonds is 15. The second kappa shape index (κ2) is 15.2. The first-order valence-corrected chi connectivity index (χ1v) is 19.5. The molecule has 268 valence electrons. The highest BCUT2D eigenvalue weighted by Gasteiger charge is 2.38. The summed E-state index contributed by atoms with van der Waals surface area (Å²) in [6, 6.07) is 24.6. The first-order valence-electron chi connectivity index (χ1n) is 16.6. The van der Waals surface area contributed by atoms with E-state index in [2.05, 4.69) is 10.2 Å². The van der Waals surface area contributed by atoms with E-state index in [0.29, 0.717) is 32.5 Å². The zero-order valence-corrected chi connectivity index (χ0v) is 29.9. The molecule has 0 spiro atoms. The molecule has 0 radical (unpaired) electrons. The zero-order chi connectivity index (χ0) is 36.2. The maximum Gasteiger partial charge on any atom is 0.340 e. The summed E-state index contributed by atoms with van der Waals surface area (Å²) in [6.07, 6.45) is 0.959. The molecule has 14 heteroatoms. The minimum atomic E-state index is -4.65. The van der Waals surface area contributed by atoms with Gasteiger partial charge in [0, 0.05) is 38.6 Å². The van der Waals surface area contributed by atoms with E-state index in [1.807, 2.05) is 37.3 Å². The largest absolute Gasteiger partial charge is 0.493 e. The van der Waals surface area contributed by atoms with Crippen LogP contribution in [0, 0.1) is 6.92 Å². The second-order valence-electron chi connectivity index (χ2n) is 12.3. The van der Waals surface area contributed by atoms with Crippen LogP contribution in [-0.4, -0.2) is 76.7 Å². The maximum absolute atomic E-state index is 14.2. The smallest absolute Gasteiger partial charge is 0.340 e. The third kappa shape index (κ3) is 7.94. The Morgan fingerprint density at radius 1 is 0.804 bits per heavy atom. The Balaban J connectivity index is 1.14. The Kier molecular flexibility index (Phi) is 10.8. The zero-order valence-electron chi connectivity index (χ0n) is 28.3. The lowest BCUT2D eigenvalue weighted by atomic mass is 10.1. The molecule has 2 aliphatic heterocycles. The minimum Gasteiger partial charge on any atom is -0.493 e. The van der Waals surface area contributed by atoms with E-state index in [0.717, 1.165) is 11.1 Å². The molecule has 1 unspecified atom stereocenters. The van der Waals surface area contributed by atoms with Crippen LogP contribution in [0.1, 0.15) is 51.6 Å². The first-order chi connectivity index (χ1) is 24.5. The molecule has 2 heterocycles. The fourth-order valence-corrected chi connectivity index (χ4v) is 9.72. The summed E-state index contributed by atoms with van der Waals surface area (Å²) in [6.45, 7) is 5.88. The number of hydrogen-bond donors (Lipinski definition) is 1. The standard InChI is InChI=1S/C37H39N3O9S2/c1-3-40(28-19-20-39(25-28)24-27-11-5-4-6-12-27)50(43,44)33-15-7-8-16-34(33)51(45,46)49-30-18-17-26(2)23-32(30)48-22-10-21-47-31-14-9-13-29-35(31)37(42)38-36(29)41/h4-9,11-18,23,28H,3,10,19-22,24-25H2,1-2H3,(H,38,41,42). The van der Waals surface area contributed by atoms with Gasteiger partial charge in [0.15, 0.2) is 11.5 Å². The van der Waals surface area contributed by atoms with Crippen molar-refractivity contribution in [2.24, 2.45) is 0 Å². The molecular weight excluding hydrogens is 695 g/mol. The SMILES string of the molecule is CCN(C1CCN(Cc2ccccc2)C1)S(=O)(=O)c1ccccc1S(=O)(=O)Oc1ccc(C)cc1OCCCOc1cccc2c1C(=O)NC2=O. The van der Waals surface area contributed by atoms with Crippen molar-refractivity contribution in [3.8, 4) is 17.2 Å². The number of likely N-dealkylation sites (tertiary alicyclic amines) is 1. The number of fused-ring (bicyclic) bond motifs is 1. The molecule has 4 aromatic carbocycles. The number of nitrogens with zero attached hydrogens (tertiary/aromatic N) is 2. The summed E-state index contributed by atoms with van der Waals surface area (Å²) in [4.78, 5) is 25.5. The van der Waals surface area contributed by atoms with Gasteiger partial charge >= 0.3 is 10.1 Å². The molecule has 4 aromatic rings. The lowest BCUT2D eigenvalue weighted by molar-refractivity contribution is 0.0878. The summed E-state index contributed by atoms with van der Waals surface area (Å²) in [5, 5.41) is 2.25. The number of aryl methyl sites for hydroxylation is 1. The van der Waals surface area contributed by atoms with Crippen LogP contribution in [-0.2, 0) is 26.7 Å². The van der Waals surface area contributed by atoms with Gasteiger partial charge in [0.05, 0.1) is 24.3 Å². The number of ether oxygens (including phenoxy) is 2. The van der Waals surface area contributed by atoms with Crippen molar-refractivity contribution in [1.82, 2.24) is 14.5 Å². The van der Waals surface area contributed by atoms with Gasteiger partial charge in [-0.25, -0.2) is 8.42 Å². The fraction of sp³-hybridized carbons (Fsp3) is 0.297. The van der Waals surface area contributed by atoms with E-state index in [9.17, 15) is 26.4 Å². The molecule has 1 N–H and O–H groups in total. The van der Waals surface area contributed by atoms with Crippen LogP contribution in [0.25, 0.3) is 0 Å². The topological polar surface area (TPSA) is 149 Å². The van der Waals surface area contributed by atoms with Crippen molar-refractivity contribution in [2.45, 2.75) is 49.1 Å². The van der Waals surface area contributed by atoms with Gasteiger partial charge in [0.1, 0.15) is 15.5 Å². The molecule has 2 amide bonds. The van der Waals surface area contributed by atoms with Gasteiger partial charge < -0.3 is 13.7 Å². The van der Waals surface area contributed by atoms with E-state index < -0.39 is 36.9 Å². The van der Waals surface area contributed by atoms with Crippen LogP contribution in [0.5, 0.6) is 17.2 Å². The molecule has 0 aliphatic carbocycles. The Morgan fingerprint density at radius 3 is 2.25 bits per heavy atom. The molecule has 1 fully saturated rings. The van der Waals surface area contributed by atoms with E-state index >= 15 is 0 Å². The second-order valence-corrected chi connectivity index (χ2v) is 15.7. The Morgan fingerprint density at radius 2 is 1.51 bits per heavy atom. The predicted molar refractivity (Wildman–Crippen MR) is 189 cm³/mol. The Hall–Kier alpha value is -4.76. The number of carbonyl (C=O) groups is 2. The molecule has 2 aliphatic rings. The highest BCUT2D eigenvalue weighted by atomic mass is 32.2. The van der Waals surface area contributed by atoms with Crippen molar-refractivity contribution in [3.63, 3.8) is 0 Å². The minimum absolute atomic E-state index is 0.0963. The van der Waals surface area contributed by atoms with Crippen LogP contribution in [0.3, 0.4) is 0 Å². The first kappa shape index (κ1) is 36.0. The summed E-state index contributed by atoms with van der Waals surface area (Å²) in [5.74, 6) is -0.693. The number of hydrogen-bond acceptors (Lipinski definition) is 10. The number of nitrogens with one attached hydrogen (secondary N) is 1. The average Bonchev–Trinajstić information content (AvgIpc) is 3.69. The average molecular weight is 734 g/mol. The van der Waals surface area contributed by atoms with Gasteiger partial charge in [0.25, 0.3) is 11.8 Å². The summed E-state index contributed by atoms with van der Waals surface area (Å²) in [5.41, 5.74) is 2.34. The molecule has 51 heavy (non-hydrogen) atoms. The van der Waals surface area contributed by atoms with Gasteiger partial charge in [-0.1, -0.05) is 61.5 Å². The fourth-order valence-electron chi connectivity index (χ4n) is 6.34. The highest BCUT2D eigenvalue weighted by Crippen LogP contribution is 2.34. The number of likely N-dealkylation sites (N-methyl/N-ethyl adjacent to an activating group) is 1. The summed E-state index contributed by atoms with van der Waals surface area (Å²) >= 11 is 0. The van der Waals surface area contributed by atoms with Crippen molar-refractivity contribution in [2.75, 3.05) is 32.8 Å². The molecule has 1 saturated heterocycles. The van der Waals surface area contributed by atoms with Crippen molar-refractivity contribution in [1.29, 1.82) is 0 Å². The molecule has 6 rings (SSSR count). The molecule has 12 nitrogen and oxygen atoms in total. The maximum atomic E-state index is 14.2. The van der Waals surface area contributed by atoms with Crippen LogP contribution in [0.2, 0.25) is 0 Å². The van der Waals surface area contributed by atoms with Gasteiger partial charge in [-0.3, -0.25) is 19.8 Å². The van der Waals surface area contributed by atoms with E-state index in [4.69, 9.17) is 13.7 Å². The van der Waals surface area contributed by atoms with E-state index in [-0.39, 0.29) is 59.1 Å². The molecule has 1 atom stereocenters. The predicted octanol–water partition coefficient (Wildman–Crippen LogP) is 4.78. The lowest BCUT2D eigenvalue weighted by Gasteiger charge is -2.28. The third-order valence-electron chi connectivity index (χ3n) is 8.75. The van der Waals surface area contributed by atoms with Crippen molar-refractivity contribution < 1.29 is 40.1 Å². The number of carbonyl (C=O) groups excluding carboxylic acids is 2. The number of imide groups is 1. The van der Waals surface area contributed by atoms with E-state index in [1.54, 1.807) is 37.3 Å². The Labute approximate surface area is 298 Å². The van der Waals surface area contributed by atoms with Crippen LogP contribution < -0.4 is 19.0 Å². The molecule has 0 aromatic heterocycles. The van der Waals surface area contributed by atoms with Crippen LogP contribution in [0.4, 0.5) is 0 Å². The van der Waals surface area contributed by atoms with Gasteiger partial charge in [-0.2, -0.15) is 12.7 Å². The van der Waals surface area contributed by atoms with E-state index in [1.165, 1.54) is 34.6 Å². The third-order valence-corrected chi connectivity index (χ3v) is 12.3. The monoisotopic (exact) mass is 733 g/mol. The normalized spacial score (nSPS) is 16.3. The van der Waals surface area contributed by atoms with Gasteiger partial charge in [-0.15, -0.1) is 0 Å². The number of sulfonamides is 1. The van der Waals surface area contributed by atoms with Gasteiger partial charge in [0.2, 0.25) is 10.0 Å². The number of amides is 2. The van der Waals surface area contributed by atoms with Gasteiger partial charge in [-0.05, 0) is 60.9 Å². The summed E-state index contributed by atoms with van der Waals surface area (Å²) < 4.78 is 74.6. The lowest BCUT2D eigenvalue weighted by Crippen LogP contribution is -2.42. The van der Waals surface area contributed by atoms with Crippen LogP contribution >= 0.6 is 0 Å². The number of benzene rings is 4. The quantitative estimate of drug-likeness (QED) is 0.103. The molecular formula is C37H39N3O9S2. The van der Waals surface area contributed by atoms with Crippen molar-refractivity contribution in [3.05, 3.63) is 113 Å². The highest BCUT2D eigenvalue weighted by molar-refractivity contribution is 7.91. The Bertz CT molecular complexity index is 2140. The summed E-state index contributed by atoms with van der Waals surface area (Å²) in [7, 11) is -8.90. The molecule has 0 saturated carbocycles. The van der Waals surface area contributed by atoms with Crippen molar-refractivity contribution >= 4 is 32.0 Å². The van der Waals surface area contributed by atoms with Crippen LogP contribution in [0.15, 0.2) is 101 Å².